The van der Waals surface area contributed by atoms with Crippen LogP contribution in [0.1, 0.15) is 42.5 Å². The standard InChI is InChI=1S/C20H23N3O5/c24-17-12-11-15(21-18(25)9-5-2-6-10-19(26)23-28)13-16(17)20(27)22-14-7-3-1-4-8-14/h1,3-4,7-8,11-13,24,28H,2,5-6,9-10H2,(H,21,25)(H,22,27)(H,23,26). The molecule has 5 N–H and O–H groups in total. The number of hydrogen-bond donors (Lipinski definition) is 5. The van der Waals surface area contributed by atoms with Crippen molar-refractivity contribution in [2.75, 3.05) is 10.6 Å². The second-order valence-corrected chi connectivity index (χ2v) is 6.20. The summed E-state index contributed by atoms with van der Waals surface area (Å²) in [6, 6.07) is 13.1. The highest BCUT2D eigenvalue weighted by atomic mass is 16.5. The number of phenols is 1. The summed E-state index contributed by atoms with van der Waals surface area (Å²) in [6.45, 7) is 0. The van der Waals surface area contributed by atoms with E-state index in [4.69, 9.17) is 5.21 Å². The summed E-state index contributed by atoms with van der Waals surface area (Å²) in [4.78, 5) is 35.3. The lowest BCUT2D eigenvalue weighted by Gasteiger charge is -2.10. The third-order valence-electron chi connectivity index (χ3n) is 3.99. The average Bonchev–Trinajstić information content (AvgIpc) is 2.69. The number of carbonyl (C=O) groups is 3. The molecule has 2 rings (SSSR count). The second-order valence-electron chi connectivity index (χ2n) is 6.20. The predicted molar refractivity (Wildman–Crippen MR) is 104 cm³/mol. The van der Waals surface area contributed by atoms with Gasteiger partial charge in [0.1, 0.15) is 5.75 Å². The number of rotatable bonds is 9. The van der Waals surface area contributed by atoms with Gasteiger partial charge in [-0.3, -0.25) is 19.6 Å². The molecule has 148 valence electrons. The Bertz CT molecular complexity index is 824. The third-order valence-corrected chi connectivity index (χ3v) is 3.99. The number of hydroxylamine groups is 1. The lowest BCUT2D eigenvalue weighted by Crippen LogP contribution is -2.17. The van der Waals surface area contributed by atoms with Crippen LogP contribution in [0.2, 0.25) is 0 Å². The molecule has 0 aromatic heterocycles. The smallest absolute Gasteiger partial charge is 0.259 e. The molecule has 3 amide bonds. The molecule has 2 aromatic carbocycles. The van der Waals surface area contributed by atoms with Crippen molar-refractivity contribution in [3.05, 3.63) is 54.1 Å². The van der Waals surface area contributed by atoms with Crippen LogP contribution in [0.15, 0.2) is 48.5 Å². The van der Waals surface area contributed by atoms with Crippen molar-refractivity contribution < 1.29 is 24.7 Å². The fourth-order valence-corrected chi connectivity index (χ4v) is 2.54. The largest absolute Gasteiger partial charge is 0.507 e. The molecule has 0 bridgehead atoms. The Labute approximate surface area is 162 Å². The van der Waals surface area contributed by atoms with E-state index in [1.54, 1.807) is 29.7 Å². The molecule has 0 heterocycles. The van der Waals surface area contributed by atoms with Crippen molar-refractivity contribution in [1.29, 1.82) is 0 Å². The van der Waals surface area contributed by atoms with E-state index in [9.17, 15) is 19.5 Å². The first-order valence-corrected chi connectivity index (χ1v) is 8.92. The van der Waals surface area contributed by atoms with Gasteiger partial charge in [-0.25, -0.2) is 5.48 Å². The summed E-state index contributed by atoms with van der Waals surface area (Å²) in [5.74, 6) is -1.35. The van der Waals surface area contributed by atoms with Crippen molar-refractivity contribution >= 4 is 29.1 Å². The predicted octanol–water partition coefficient (Wildman–Crippen LogP) is 3.04. The summed E-state index contributed by atoms with van der Waals surface area (Å²) in [5.41, 5.74) is 2.61. The first kappa shape index (κ1) is 20.9. The maximum absolute atomic E-state index is 12.4. The molecule has 0 spiro atoms. The van der Waals surface area contributed by atoms with Crippen LogP contribution in [0.3, 0.4) is 0 Å². The quantitative estimate of drug-likeness (QED) is 0.196. The van der Waals surface area contributed by atoms with E-state index in [0.717, 1.165) is 0 Å². The van der Waals surface area contributed by atoms with Gasteiger partial charge in [0, 0.05) is 24.2 Å². The van der Waals surface area contributed by atoms with E-state index in [0.29, 0.717) is 30.6 Å². The topological polar surface area (TPSA) is 128 Å². The van der Waals surface area contributed by atoms with Crippen molar-refractivity contribution in [2.24, 2.45) is 0 Å². The van der Waals surface area contributed by atoms with E-state index in [-0.39, 0.29) is 30.1 Å². The van der Waals surface area contributed by atoms with Gasteiger partial charge in [0.25, 0.3) is 5.91 Å². The molecule has 0 aliphatic carbocycles. The molecule has 0 fully saturated rings. The molecule has 0 saturated heterocycles. The van der Waals surface area contributed by atoms with Gasteiger partial charge in [-0.2, -0.15) is 0 Å². The van der Waals surface area contributed by atoms with Gasteiger partial charge in [-0.05, 0) is 43.2 Å². The van der Waals surface area contributed by atoms with Gasteiger partial charge in [0.15, 0.2) is 0 Å². The molecule has 0 radical (unpaired) electrons. The minimum atomic E-state index is -0.484. The molecule has 8 heteroatoms. The Kier molecular flexibility index (Phi) is 7.98. The van der Waals surface area contributed by atoms with Crippen molar-refractivity contribution in [3.63, 3.8) is 0 Å². The van der Waals surface area contributed by atoms with Crippen LogP contribution in [-0.2, 0) is 9.59 Å². The van der Waals surface area contributed by atoms with Gasteiger partial charge in [-0.15, -0.1) is 0 Å². The van der Waals surface area contributed by atoms with Crippen LogP contribution in [0.4, 0.5) is 11.4 Å². The fraction of sp³-hybridized carbons (Fsp3) is 0.250. The molecule has 28 heavy (non-hydrogen) atoms. The number of benzene rings is 2. The van der Waals surface area contributed by atoms with E-state index in [1.807, 2.05) is 6.07 Å². The van der Waals surface area contributed by atoms with Crippen LogP contribution < -0.4 is 16.1 Å². The SMILES string of the molecule is O=C(CCCCCC(=O)Nc1ccc(O)c(C(=O)Nc2ccccc2)c1)NO. The number of amides is 3. The number of para-hydroxylation sites is 1. The molecular weight excluding hydrogens is 362 g/mol. The number of nitrogens with one attached hydrogen (secondary N) is 3. The number of phenolic OH excluding ortho intramolecular Hbond substituents is 1. The van der Waals surface area contributed by atoms with Gasteiger partial charge in [-0.1, -0.05) is 24.6 Å². The van der Waals surface area contributed by atoms with Gasteiger partial charge in [0.05, 0.1) is 5.56 Å². The zero-order valence-electron chi connectivity index (χ0n) is 15.3. The van der Waals surface area contributed by atoms with Gasteiger partial charge in [0.2, 0.25) is 11.8 Å². The van der Waals surface area contributed by atoms with Crippen LogP contribution in [0.5, 0.6) is 5.75 Å². The minimum absolute atomic E-state index is 0.0525. The maximum atomic E-state index is 12.4. The van der Waals surface area contributed by atoms with E-state index in [1.165, 1.54) is 18.2 Å². The summed E-state index contributed by atoms with van der Waals surface area (Å²) in [5, 5.41) is 23.7. The fourth-order valence-electron chi connectivity index (χ4n) is 2.54. The number of anilines is 2. The zero-order chi connectivity index (χ0) is 20.4. The third kappa shape index (κ3) is 6.73. The number of hydrogen-bond acceptors (Lipinski definition) is 5. The van der Waals surface area contributed by atoms with Crippen LogP contribution >= 0.6 is 0 Å². The monoisotopic (exact) mass is 385 g/mol. The van der Waals surface area contributed by atoms with Gasteiger partial charge >= 0.3 is 0 Å². The van der Waals surface area contributed by atoms with Crippen LogP contribution in [0.25, 0.3) is 0 Å². The summed E-state index contributed by atoms with van der Waals surface area (Å²) in [6.07, 6.45) is 2.29. The van der Waals surface area contributed by atoms with Crippen LogP contribution in [0, 0.1) is 0 Å². The molecule has 0 saturated carbocycles. The summed E-state index contributed by atoms with van der Waals surface area (Å²) < 4.78 is 0. The minimum Gasteiger partial charge on any atom is -0.507 e. The molecule has 0 aliphatic rings. The van der Waals surface area contributed by atoms with E-state index < -0.39 is 11.8 Å². The van der Waals surface area contributed by atoms with Crippen molar-refractivity contribution in [1.82, 2.24) is 5.48 Å². The Morgan fingerprint density at radius 3 is 2.14 bits per heavy atom. The highest BCUT2D eigenvalue weighted by Crippen LogP contribution is 2.23. The second kappa shape index (κ2) is 10.7. The van der Waals surface area contributed by atoms with Crippen LogP contribution in [-0.4, -0.2) is 28.0 Å². The molecular formula is C20H23N3O5. The Morgan fingerprint density at radius 2 is 1.46 bits per heavy atom. The highest BCUT2D eigenvalue weighted by Gasteiger charge is 2.13. The molecule has 2 aromatic rings. The normalized spacial score (nSPS) is 10.2. The zero-order valence-corrected chi connectivity index (χ0v) is 15.3. The van der Waals surface area contributed by atoms with Crippen molar-refractivity contribution in [3.8, 4) is 5.75 Å². The Hall–Kier alpha value is -3.39. The first-order chi connectivity index (χ1) is 13.5. The van der Waals surface area contributed by atoms with E-state index in [2.05, 4.69) is 10.6 Å². The van der Waals surface area contributed by atoms with Gasteiger partial charge < -0.3 is 15.7 Å². The van der Waals surface area contributed by atoms with E-state index >= 15 is 0 Å². The Balaban J connectivity index is 1.87. The molecule has 0 atom stereocenters. The first-order valence-electron chi connectivity index (χ1n) is 8.92. The van der Waals surface area contributed by atoms with Crippen molar-refractivity contribution in [2.45, 2.75) is 32.1 Å². The number of unbranched alkanes of at least 4 members (excludes halogenated alkanes) is 2. The molecule has 0 aliphatic heterocycles. The molecule has 8 nitrogen and oxygen atoms in total. The number of aromatic hydroxyl groups is 1. The molecule has 0 unspecified atom stereocenters. The average molecular weight is 385 g/mol. The lowest BCUT2D eigenvalue weighted by atomic mass is 10.1. The summed E-state index contributed by atoms with van der Waals surface area (Å²) >= 11 is 0. The Morgan fingerprint density at radius 1 is 0.786 bits per heavy atom. The highest BCUT2D eigenvalue weighted by molar-refractivity contribution is 6.07. The summed E-state index contributed by atoms with van der Waals surface area (Å²) in [7, 11) is 0. The number of carbonyl (C=O) groups excluding carboxylic acids is 3. The maximum Gasteiger partial charge on any atom is 0.259 e. The lowest BCUT2D eigenvalue weighted by molar-refractivity contribution is -0.129.